The Labute approximate surface area is 132 Å². The molecule has 1 fully saturated rings. The lowest BCUT2D eigenvalue weighted by Crippen LogP contribution is -2.28. The molecule has 0 saturated carbocycles. The summed E-state index contributed by atoms with van der Waals surface area (Å²) < 4.78 is 26.2. The van der Waals surface area contributed by atoms with Crippen LogP contribution in [0.4, 0.5) is 0 Å². The molecule has 0 radical (unpaired) electrons. The number of carbonyl (C=O) groups excluding carboxylic acids is 1. The van der Waals surface area contributed by atoms with Crippen molar-refractivity contribution in [3.05, 3.63) is 42.0 Å². The van der Waals surface area contributed by atoms with Crippen molar-refractivity contribution in [3.8, 4) is 0 Å². The summed E-state index contributed by atoms with van der Waals surface area (Å²) in [6.45, 7) is 7.48. The smallest absolute Gasteiger partial charge is 0.246 e. The summed E-state index contributed by atoms with van der Waals surface area (Å²) in [5.74, 6) is -0.0791. The van der Waals surface area contributed by atoms with Crippen LogP contribution in [-0.2, 0) is 14.8 Å². The third-order valence-electron chi connectivity index (χ3n) is 3.77. The van der Waals surface area contributed by atoms with E-state index >= 15 is 0 Å². The van der Waals surface area contributed by atoms with Gasteiger partial charge in [0.05, 0.1) is 10.9 Å². The van der Waals surface area contributed by atoms with Crippen LogP contribution in [0, 0.1) is 6.92 Å². The Morgan fingerprint density at radius 1 is 1.27 bits per heavy atom. The number of aryl methyl sites for hydroxylation is 1. The molecule has 5 nitrogen and oxygen atoms in total. The third kappa shape index (κ3) is 3.56. The van der Waals surface area contributed by atoms with Gasteiger partial charge in [-0.25, -0.2) is 8.42 Å². The van der Waals surface area contributed by atoms with Crippen LogP contribution >= 0.6 is 0 Å². The molecule has 120 valence electrons. The van der Waals surface area contributed by atoms with Crippen molar-refractivity contribution >= 4 is 15.9 Å². The van der Waals surface area contributed by atoms with Gasteiger partial charge in [0, 0.05) is 25.7 Å². The van der Waals surface area contributed by atoms with E-state index in [4.69, 9.17) is 0 Å². The zero-order valence-corrected chi connectivity index (χ0v) is 14.0. The maximum Gasteiger partial charge on any atom is 0.246 e. The summed E-state index contributed by atoms with van der Waals surface area (Å²) in [6, 6.07) is 6.58. The summed E-state index contributed by atoms with van der Waals surface area (Å²) in [6.07, 6.45) is 3.15. The first-order valence-corrected chi connectivity index (χ1v) is 8.89. The molecule has 1 saturated heterocycles. The van der Waals surface area contributed by atoms with Gasteiger partial charge in [0.2, 0.25) is 15.9 Å². The molecule has 1 unspecified atom stereocenters. The lowest BCUT2D eigenvalue weighted by molar-refractivity contribution is -0.125. The highest BCUT2D eigenvalue weighted by molar-refractivity contribution is 7.89. The Bertz CT molecular complexity index is 661. The van der Waals surface area contributed by atoms with Crippen molar-refractivity contribution in [2.75, 3.05) is 19.6 Å². The van der Waals surface area contributed by atoms with Gasteiger partial charge in [-0.3, -0.25) is 4.79 Å². The second kappa shape index (κ2) is 6.62. The normalized spacial score (nSPS) is 21.0. The molecule has 0 bridgehead atoms. The first kappa shape index (κ1) is 16.7. The van der Waals surface area contributed by atoms with Gasteiger partial charge in [-0.2, -0.15) is 4.31 Å². The molecule has 22 heavy (non-hydrogen) atoms. The van der Waals surface area contributed by atoms with Gasteiger partial charge in [-0.05, 0) is 32.9 Å². The first-order chi connectivity index (χ1) is 10.4. The highest BCUT2D eigenvalue weighted by Gasteiger charge is 2.42. The predicted octanol–water partition coefficient (Wildman–Crippen LogP) is 1.79. The zero-order valence-electron chi connectivity index (χ0n) is 13.2. The average Bonchev–Trinajstić information content (AvgIpc) is 3.27. The molecule has 0 spiro atoms. The summed E-state index contributed by atoms with van der Waals surface area (Å²) in [5.41, 5.74) is 1.02. The summed E-state index contributed by atoms with van der Waals surface area (Å²) >= 11 is 0. The van der Waals surface area contributed by atoms with Crippen molar-refractivity contribution in [2.45, 2.75) is 31.7 Å². The molecule has 1 aliphatic rings. The van der Waals surface area contributed by atoms with E-state index in [2.05, 4.69) is 0 Å². The van der Waals surface area contributed by atoms with E-state index < -0.39 is 10.0 Å². The quantitative estimate of drug-likeness (QED) is 0.593. The Balaban J connectivity index is 2.02. The maximum atomic E-state index is 12.4. The van der Waals surface area contributed by atoms with E-state index in [0.29, 0.717) is 24.5 Å². The van der Waals surface area contributed by atoms with Gasteiger partial charge in [-0.15, -0.1) is 0 Å². The van der Waals surface area contributed by atoms with Crippen molar-refractivity contribution in [3.63, 3.8) is 0 Å². The number of sulfonamides is 1. The van der Waals surface area contributed by atoms with Crippen molar-refractivity contribution in [2.24, 2.45) is 0 Å². The van der Waals surface area contributed by atoms with Gasteiger partial charge < -0.3 is 4.90 Å². The largest absolute Gasteiger partial charge is 0.340 e. The molecule has 2 rings (SSSR count). The molecule has 1 aromatic carbocycles. The number of hydrogen-bond acceptors (Lipinski definition) is 3. The Morgan fingerprint density at radius 3 is 2.41 bits per heavy atom. The van der Waals surface area contributed by atoms with Crippen LogP contribution in [0.25, 0.3) is 0 Å². The van der Waals surface area contributed by atoms with E-state index in [-0.39, 0.29) is 11.9 Å². The van der Waals surface area contributed by atoms with E-state index in [9.17, 15) is 13.2 Å². The van der Waals surface area contributed by atoms with Crippen LogP contribution in [0.1, 0.15) is 19.4 Å². The molecule has 6 heteroatoms. The van der Waals surface area contributed by atoms with Crippen LogP contribution < -0.4 is 0 Å². The molecule has 1 aromatic rings. The number of hydrogen-bond donors (Lipinski definition) is 0. The van der Waals surface area contributed by atoms with Gasteiger partial charge >= 0.3 is 0 Å². The van der Waals surface area contributed by atoms with Crippen LogP contribution in [0.3, 0.4) is 0 Å². The molecule has 1 aliphatic heterocycles. The van der Waals surface area contributed by atoms with Crippen molar-refractivity contribution in [1.29, 1.82) is 0 Å². The van der Waals surface area contributed by atoms with Gasteiger partial charge in [0.15, 0.2) is 0 Å². The number of carbonyl (C=O) groups is 1. The lowest BCUT2D eigenvalue weighted by Gasteiger charge is -2.15. The maximum absolute atomic E-state index is 12.4. The average molecular weight is 322 g/mol. The van der Waals surface area contributed by atoms with Crippen LogP contribution in [0.2, 0.25) is 0 Å². The van der Waals surface area contributed by atoms with E-state index in [1.165, 1.54) is 10.4 Å². The van der Waals surface area contributed by atoms with E-state index in [1.54, 1.807) is 35.2 Å². The standard InChI is InChI=1S/C16H22N2O3S/c1-4-17(5-2)16(19)11-8-14-12-18(14)22(20,21)15-9-6-13(3)7-10-15/h6-11,14H,4-5,12H2,1-3H3/b11-8+/t14-,18?/m1/s1. The van der Waals surface area contributed by atoms with Gasteiger partial charge in [0.1, 0.15) is 0 Å². The van der Waals surface area contributed by atoms with Crippen LogP contribution in [0.5, 0.6) is 0 Å². The number of likely N-dealkylation sites (N-methyl/N-ethyl adjacent to an activating group) is 1. The monoisotopic (exact) mass is 322 g/mol. The molecular weight excluding hydrogens is 300 g/mol. The first-order valence-electron chi connectivity index (χ1n) is 7.45. The second-order valence-corrected chi connectivity index (χ2v) is 7.22. The Morgan fingerprint density at radius 2 is 1.86 bits per heavy atom. The molecular formula is C16H22N2O3S. The fraction of sp³-hybridized carbons (Fsp3) is 0.438. The molecule has 0 aromatic heterocycles. The van der Waals surface area contributed by atoms with E-state index in [0.717, 1.165) is 5.56 Å². The molecule has 0 aliphatic carbocycles. The predicted molar refractivity (Wildman–Crippen MR) is 85.9 cm³/mol. The summed E-state index contributed by atoms with van der Waals surface area (Å²) in [4.78, 5) is 13.9. The Hall–Kier alpha value is -1.66. The Kier molecular flexibility index (Phi) is 5.03. The molecule has 1 heterocycles. The summed E-state index contributed by atoms with van der Waals surface area (Å²) in [7, 11) is -3.45. The fourth-order valence-electron chi connectivity index (χ4n) is 2.25. The van der Waals surface area contributed by atoms with Crippen LogP contribution in [-0.4, -0.2) is 49.2 Å². The topological polar surface area (TPSA) is 57.5 Å². The SMILES string of the molecule is CCN(CC)C(=O)/C=C/[C@@H]1CN1S(=O)(=O)c1ccc(C)cc1. The number of rotatable bonds is 6. The van der Waals surface area contributed by atoms with Gasteiger partial charge in [-0.1, -0.05) is 23.8 Å². The van der Waals surface area contributed by atoms with Crippen molar-refractivity contribution in [1.82, 2.24) is 9.21 Å². The van der Waals surface area contributed by atoms with Gasteiger partial charge in [0.25, 0.3) is 0 Å². The summed E-state index contributed by atoms with van der Waals surface area (Å²) in [5, 5.41) is 0. The minimum atomic E-state index is -3.45. The highest BCUT2D eigenvalue weighted by Crippen LogP contribution is 2.29. The minimum absolute atomic E-state index is 0.0791. The van der Waals surface area contributed by atoms with Crippen LogP contribution in [0.15, 0.2) is 41.3 Å². The molecule has 2 atom stereocenters. The highest BCUT2D eigenvalue weighted by atomic mass is 32.2. The third-order valence-corrected chi connectivity index (χ3v) is 5.67. The molecule has 0 N–H and O–H groups in total. The van der Waals surface area contributed by atoms with Crippen molar-refractivity contribution < 1.29 is 13.2 Å². The number of nitrogens with zero attached hydrogens (tertiary/aromatic N) is 2. The van der Waals surface area contributed by atoms with E-state index in [1.807, 2.05) is 20.8 Å². The molecule has 1 amide bonds. The number of benzene rings is 1. The lowest BCUT2D eigenvalue weighted by atomic mass is 10.2. The minimum Gasteiger partial charge on any atom is -0.340 e. The fourth-order valence-corrected chi connectivity index (χ4v) is 3.78. The number of amides is 1. The second-order valence-electron chi connectivity index (χ2n) is 5.32. The zero-order chi connectivity index (χ0) is 16.3.